The quantitative estimate of drug-likeness (QED) is 0.775. The van der Waals surface area contributed by atoms with Gasteiger partial charge in [-0.05, 0) is 13.5 Å². The highest BCUT2D eigenvalue weighted by molar-refractivity contribution is 8.00. The van der Waals surface area contributed by atoms with Gasteiger partial charge in [-0.1, -0.05) is 13.8 Å². The van der Waals surface area contributed by atoms with Gasteiger partial charge in [0.05, 0.1) is 5.92 Å². The standard InChI is InChI=1S/C10H19NO2S/c1-7(10(12)13)5-11(3)9-4-8(2)14-6-9/h7-9H,4-6H2,1-3H3,(H,12,13). The molecule has 0 spiro atoms. The molecule has 1 fully saturated rings. The molecule has 0 aromatic heterocycles. The summed E-state index contributed by atoms with van der Waals surface area (Å²) in [4.78, 5) is 12.9. The number of carbonyl (C=O) groups is 1. The van der Waals surface area contributed by atoms with E-state index in [9.17, 15) is 4.79 Å². The third-order valence-electron chi connectivity index (χ3n) is 2.78. The minimum absolute atomic E-state index is 0.263. The average Bonchev–Trinajstić information content (AvgIpc) is 2.51. The minimum atomic E-state index is -0.699. The molecule has 0 aliphatic carbocycles. The Morgan fingerprint density at radius 3 is 2.79 bits per heavy atom. The fraction of sp³-hybridized carbons (Fsp3) is 0.900. The van der Waals surface area contributed by atoms with Crippen molar-refractivity contribution in [2.75, 3.05) is 19.3 Å². The van der Waals surface area contributed by atoms with Crippen LogP contribution in [0.2, 0.25) is 0 Å². The fourth-order valence-corrected chi connectivity index (χ4v) is 3.06. The first-order chi connectivity index (χ1) is 6.50. The lowest BCUT2D eigenvalue weighted by Gasteiger charge is -2.25. The maximum Gasteiger partial charge on any atom is 0.307 e. The molecule has 0 bridgehead atoms. The number of rotatable bonds is 4. The molecule has 1 heterocycles. The summed E-state index contributed by atoms with van der Waals surface area (Å²) in [6.07, 6.45) is 1.19. The van der Waals surface area contributed by atoms with Gasteiger partial charge in [0.2, 0.25) is 0 Å². The van der Waals surface area contributed by atoms with Gasteiger partial charge in [0.15, 0.2) is 0 Å². The lowest BCUT2D eigenvalue weighted by Crippen LogP contribution is -2.37. The van der Waals surface area contributed by atoms with E-state index in [0.717, 1.165) is 11.0 Å². The second-order valence-corrected chi connectivity index (χ2v) is 5.68. The van der Waals surface area contributed by atoms with Gasteiger partial charge >= 0.3 is 5.97 Å². The van der Waals surface area contributed by atoms with Gasteiger partial charge in [-0.3, -0.25) is 4.79 Å². The lowest BCUT2D eigenvalue weighted by atomic mass is 10.1. The first-order valence-corrected chi connectivity index (χ1v) is 6.10. The minimum Gasteiger partial charge on any atom is -0.481 e. The molecule has 0 aromatic carbocycles. The summed E-state index contributed by atoms with van der Waals surface area (Å²) in [5, 5.41) is 9.52. The Hall–Kier alpha value is -0.220. The summed E-state index contributed by atoms with van der Waals surface area (Å²) < 4.78 is 0. The molecule has 3 nitrogen and oxygen atoms in total. The highest BCUT2D eigenvalue weighted by atomic mass is 32.2. The van der Waals surface area contributed by atoms with Crippen molar-refractivity contribution in [2.45, 2.75) is 31.6 Å². The summed E-state index contributed by atoms with van der Waals surface area (Å²) in [5.74, 6) is 0.181. The van der Waals surface area contributed by atoms with Crippen molar-refractivity contribution in [1.29, 1.82) is 0 Å². The Morgan fingerprint density at radius 1 is 1.71 bits per heavy atom. The third-order valence-corrected chi connectivity index (χ3v) is 4.12. The molecule has 0 radical (unpaired) electrons. The maximum atomic E-state index is 10.7. The van der Waals surface area contributed by atoms with Gasteiger partial charge in [-0.15, -0.1) is 0 Å². The number of hydrogen-bond donors (Lipinski definition) is 1. The number of thioether (sulfide) groups is 1. The van der Waals surface area contributed by atoms with Crippen molar-refractivity contribution in [2.24, 2.45) is 5.92 Å². The number of nitrogens with zero attached hydrogens (tertiary/aromatic N) is 1. The van der Waals surface area contributed by atoms with Crippen molar-refractivity contribution in [3.8, 4) is 0 Å². The second kappa shape index (κ2) is 5.03. The van der Waals surface area contributed by atoms with Crippen LogP contribution in [0.4, 0.5) is 0 Å². The van der Waals surface area contributed by atoms with Crippen LogP contribution in [-0.4, -0.2) is 46.6 Å². The van der Waals surface area contributed by atoms with Crippen LogP contribution in [0.25, 0.3) is 0 Å². The molecular weight excluding hydrogens is 198 g/mol. The van der Waals surface area contributed by atoms with Crippen LogP contribution in [-0.2, 0) is 4.79 Å². The maximum absolute atomic E-state index is 10.7. The van der Waals surface area contributed by atoms with Crippen LogP contribution >= 0.6 is 11.8 Å². The Bertz CT molecular complexity index is 210. The molecule has 0 aromatic rings. The monoisotopic (exact) mass is 217 g/mol. The fourth-order valence-electron chi connectivity index (χ4n) is 1.76. The first kappa shape index (κ1) is 11.9. The zero-order chi connectivity index (χ0) is 10.7. The summed E-state index contributed by atoms with van der Waals surface area (Å²) in [6.45, 7) is 4.66. The van der Waals surface area contributed by atoms with E-state index in [1.54, 1.807) is 6.92 Å². The van der Waals surface area contributed by atoms with Crippen LogP contribution in [0.1, 0.15) is 20.3 Å². The normalized spacial score (nSPS) is 29.4. The van der Waals surface area contributed by atoms with Crippen LogP contribution in [0.5, 0.6) is 0 Å². The topological polar surface area (TPSA) is 40.5 Å². The summed E-state index contributed by atoms with van der Waals surface area (Å²) in [7, 11) is 2.03. The Labute approximate surface area is 89.9 Å². The van der Waals surface area contributed by atoms with Gasteiger partial charge in [0, 0.05) is 23.6 Å². The number of carboxylic acids is 1. The molecule has 1 saturated heterocycles. The second-order valence-electron chi connectivity index (χ2n) is 4.21. The van der Waals surface area contributed by atoms with E-state index < -0.39 is 5.97 Å². The van der Waals surface area contributed by atoms with Gasteiger partial charge in [-0.25, -0.2) is 0 Å². The first-order valence-electron chi connectivity index (χ1n) is 5.05. The summed E-state index contributed by atoms with van der Waals surface area (Å²) in [5.41, 5.74) is 0. The van der Waals surface area contributed by atoms with Gasteiger partial charge in [-0.2, -0.15) is 11.8 Å². The highest BCUT2D eigenvalue weighted by Gasteiger charge is 2.26. The smallest absolute Gasteiger partial charge is 0.307 e. The molecule has 1 rings (SSSR count). The summed E-state index contributed by atoms with van der Waals surface area (Å²) >= 11 is 1.98. The molecule has 14 heavy (non-hydrogen) atoms. The molecule has 4 heteroatoms. The van der Waals surface area contributed by atoms with E-state index in [-0.39, 0.29) is 5.92 Å². The Balaban J connectivity index is 2.34. The lowest BCUT2D eigenvalue weighted by molar-refractivity contribution is -0.141. The zero-order valence-corrected chi connectivity index (χ0v) is 9.88. The summed E-state index contributed by atoms with van der Waals surface area (Å²) in [6, 6.07) is 0.566. The van der Waals surface area contributed by atoms with Crippen molar-refractivity contribution < 1.29 is 9.90 Å². The molecule has 1 N–H and O–H groups in total. The molecule has 1 aliphatic heterocycles. The molecule has 82 valence electrons. The highest BCUT2D eigenvalue weighted by Crippen LogP contribution is 2.29. The van der Waals surface area contributed by atoms with Gasteiger partial charge in [0.25, 0.3) is 0 Å². The van der Waals surface area contributed by atoms with E-state index >= 15 is 0 Å². The SMILES string of the molecule is CC1CC(N(C)CC(C)C(=O)O)CS1. The van der Waals surface area contributed by atoms with E-state index in [1.807, 2.05) is 18.8 Å². The molecule has 0 amide bonds. The van der Waals surface area contributed by atoms with Crippen LogP contribution in [0.3, 0.4) is 0 Å². The zero-order valence-electron chi connectivity index (χ0n) is 9.06. The van der Waals surface area contributed by atoms with Crippen LogP contribution < -0.4 is 0 Å². The van der Waals surface area contributed by atoms with Gasteiger partial charge in [0.1, 0.15) is 0 Å². The van der Waals surface area contributed by atoms with Crippen molar-refractivity contribution >= 4 is 17.7 Å². The van der Waals surface area contributed by atoms with E-state index in [4.69, 9.17) is 5.11 Å². The van der Waals surface area contributed by atoms with Crippen LogP contribution in [0, 0.1) is 5.92 Å². The Morgan fingerprint density at radius 2 is 2.36 bits per heavy atom. The van der Waals surface area contributed by atoms with Crippen molar-refractivity contribution in [3.05, 3.63) is 0 Å². The van der Waals surface area contributed by atoms with E-state index in [0.29, 0.717) is 12.6 Å². The number of aliphatic carboxylic acids is 1. The van der Waals surface area contributed by atoms with E-state index in [1.165, 1.54) is 6.42 Å². The molecular formula is C10H19NO2S. The largest absolute Gasteiger partial charge is 0.481 e. The van der Waals surface area contributed by atoms with Crippen LogP contribution in [0.15, 0.2) is 0 Å². The van der Waals surface area contributed by atoms with Crippen molar-refractivity contribution in [3.63, 3.8) is 0 Å². The molecule has 3 unspecified atom stereocenters. The predicted molar refractivity (Wildman–Crippen MR) is 59.8 cm³/mol. The molecule has 3 atom stereocenters. The van der Waals surface area contributed by atoms with Gasteiger partial charge < -0.3 is 10.0 Å². The third kappa shape index (κ3) is 3.17. The Kier molecular flexibility index (Phi) is 4.26. The van der Waals surface area contributed by atoms with Crippen molar-refractivity contribution in [1.82, 2.24) is 4.90 Å². The average molecular weight is 217 g/mol. The molecule has 0 saturated carbocycles. The number of carboxylic acid groups (broad SMARTS) is 1. The predicted octanol–water partition coefficient (Wildman–Crippen LogP) is 1.53. The van der Waals surface area contributed by atoms with E-state index in [2.05, 4.69) is 11.8 Å². The number of hydrogen-bond acceptors (Lipinski definition) is 3. The molecule has 1 aliphatic rings.